The van der Waals surface area contributed by atoms with E-state index < -0.39 is 0 Å². The molecule has 5 rings (SSSR count). The Morgan fingerprint density at radius 3 is 2.80 bits per heavy atom. The van der Waals surface area contributed by atoms with Gasteiger partial charge in [-0.25, -0.2) is 9.97 Å². The molecule has 128 valence electrons. The average molecular weight is 336 g/mol. The second kappa shape index (κ2) is 5.77. The summed E-state index contributed by atoms with van der Waals surface area (Å²) in [5.41, 5.74) is 0.954. The van der Waals surface area contributed by atoms with Crippen LogP contribution in [0.1, 0.15) is 31.6 Å². The fourth-order valence-corrected chi connectivity index (χ4v) is 4.19. The number of piperidine rings is 2. The molecule has 3 aromatic heterocycles. The minimum Gasteiger partial charge on any atom is -0.338 e. The number of hydrogen-bond acceptors (Lipinski definition) is 6. The molecule has 0 radical (unpaired) electrons. The molecule has 0 amide bonds. The monoisotopic (exact) mass is 336 g/mol. The van der Waals surface area contributed by atoms with E-state index in [0.717, 1.165) is 36.7 Å². The van der Waals surface area contributed by atoms with E-state index >= 15 is 0 Å². The first-order valence-corrected chi connectivity index (χ1v) is 8.84. The normalized spacial score (nSPS) is 25.8. The Morgan fingerprint density at radius 2 is 2.00 bits per heavy atom. The van der Waals surface area contributed by atoms with Crippen molar-refractivity contribution in [1.82, 2.24) is 29.6 Å². The SMILES string of the molecule is c1cn(-c2cc(-c3noc(C45CCCN(CCC4)C5)n3)ccn2)cn1. The van der Waals surface area contributed by atoms with Gasteiger partial charge in [-0.2, -0.15) is 4.98 Å². The molecule has 0 spiro atoms. The van der Waals surface area contributed by atoms with Crippen LogP contribution in [-0.2, 0) is 5.41 Å². The van der Waals surface area contributed by atoms with Crippen LogP contribution >= 0.6 is 0 Å². The van der Waals surface area contributed by atoms with E-state index in [1.807, 2.05) is 22.9 Å². The fraction of sp³-hybridized carbons (Fsp3) is 0.444. The predicted octanol–water partition coefficient (Wildman–Crippen LogP) is 2.44. The minimum atomic E-state index is 0.0436. The maximum Gasteiger partial charge on any atom is 0.234 e. The van der Waals surface area contributed by atoms with Crippen LogP contribution < -0.4 is 0 Å². The Bertz CT molecular complexity index is 861. The molecule has 0 unspecified atom stereocenters. The summed E-state index contributed by atoms with van der Waals surface area (Å²) < 4.78 is 7.60. The highest BCUT2D eigenvalue weighted by atomic mass is 16.5. The van der Waals surface area contributed by atoms with Gasteiger partial charge in [-0.1, -0.05) is 5.16 Å². The third kappa shape index (κ3) is 2.55. The van der Waals surface area contributed by atoms with Gasteiger partial charge in [0.2, 0.25) is 11.7 Å². The van der Waals surface area contributed by atoms with Crippen molar-refractivity contribution in [2.24, 2.45) is 0 Å². The highest BCUT2D eigenvalue weighted by molar-refractivity contribution is 5.56. The first kappa shape index (κ1) is 14.8. The molecule has 3 aromatic rings. The van der Waals surface area contributed by atoms with Crippen LogP contribution in [0.5, 0.6) is 0 Å². The molecule has 5 heterocycles. The largest absolute Gasteiger partial charge is 0.338 e. The van der Waals surface area contributed by atoms with Gasteiger partial charge in [-0.05, 0) is 50.9 Å². The van der Waals surface area contributed by atoms with Gasteiger partial charge in [0, 0.05) is 30.7 Å². The van der Waals surface area contributed by atoms with E-state index in [9.17, 15) is 0 Å². The summed E-state index contributed by atoms with van der Waals surface area (Å²) >= 11 is 0. The Balaban J connectivity index is 1.48. The lowest BCUT2D eigenvalue weighted by Crippen LogP contribution is -2.50. The molecular weight excluding hydrogens is 316 g/mol. The zero-order valence-electron chi connectivity index (χ0n) is 14.0. The molecule has 2 aliphatic heterocycles. The van der Waals surface area contributed by atoms with Crippen LogP contribution in [0.2, 0.25) is 0 Å². The third-order valence-corrected chi connectivity index (χ3v) is 5.44. The zero-order valence-corrected chi connectivity index (χ0v) is 14.0. The highest BCUT2D eigenvalue weighted by Crippen LogP contribution is 2.40. The van der Waals surface area contributed by atoms with E-state index in [4.69, 9.17) is 9.51 Å². The minimum absolute atomic E-state index is 0.0436. The van der Waals surface area contributed by atoms with Crippen LogP contribution in [0.3, 0.4) is 0 Å². The second-order valence-electron chi connectivity index (χ2n) is 7.06. The smallest absolute Gasteiger partial charge is 0.234 e. The first-order chi connectivity index (χ1) is 12.3. The summed E-state index contributed by atoms with van der Waals surface area (Å²) in [4.78, 5) is 15.8. The third-order valence-electron chi connectivity index (χ3n) is 5.44. The van der Waals surface area contributed by atoms with Crippen LogP contribution in [-0.4, -0.2) is 49.2 Å². The van der Waals surface area contributed by atoms with Gasteiger partial charge in [0.15, 0.2) is 0 Å². The highest BCUT2D eigenvalue weighted by Gasteiger charge is 2.44. The molecule has 7 nitrogen and oxygen atoms in total. The van der Waals surface area contributed by atoms with Crippen LogP contribution in [0.25, 0.3) is 17.2 Å². The Hall–Kier alpha value is -2.54. The Morgan fingerprint density at radius 1 is 1.12 bits per heavy atom. The number of imidazole rings is 1. The second-order valence-corrected chi connectivity index (χ2v) is 7.06. The van der Waals surface area contributed by atoms with Gasteiger partial charge >= 0.3 is 0 Å². The van der Waals surface area contributed by atoms with Gasteiger partial charge in [-0.15, -0.1) is 0 Å². The quantitative estimate of drug-likeness (QED) is 0.731. The maximum atomic E-state index is 5.74. The molecule has 2 aliphatic rings. The van der Waals surface area contributed by atoms with Crippen molar-refractivity contribution in [2.45, 2.75) is 31.1 Å². The van der Waals surface area contributed by atoms with Crippen molar-refractivity contribution in [3.8, 4) is 17.2 Å². The van der Waals surface area contributed by atoms with Crippen molar-refractivity contribution in [3.05, 3.63) is 42.9 Å². The molecule has 25 heavy (non-hydrogen) atoms. The molecular formula is C18H20N6O. The van der Waals surface area contributed by atoms with Crippen LogP contribution in [0, 0.1) is 0 Å². The lowest BCUT2D eigenvalue weighted by Gasteiger charge is -2.44. The van der Waals surface area contributed by atoms with E-state index in [1.54, 1.807) is 18.7 Å². The lowest BCUT2D eigenvalue weighted by molar-refractivity contribution is 0.0711. The molecule has 0 aliphatic carbocycles. The number of aromatic nitrogens is 5. The maximum absolute atomic E-state index is 5.74. The summed E-state index contributed by atoms with van der Waals surface area (Å²) in [6.07, 6.45) is 11.8. The molecule has 2 fully saturated rings. The number of rotatable bonds is 3. The van der Waals surface area contributed by atoms with Gasteiger partial charge in [0.25, 0.3) is 0 Å². The number of pyridine rings is 1. The average Bonchev–Trinajstić information content (AvgIpc) is 3.34. The fourth-order valence-electron chi connectivity index (χ4n) is 4.19. The van der Waals surface area contributed by atoms with Gasteiger partial charge < -0.3 is 9.42 Å². The standard InChI is InChI=1S/C18H20N6O/c1-4-18(5-2-9-23(8-1)12-18)17-21-16(22-25-17)14-3-6-20-15(11-14)24-10-7-19-13-24/h3,6-7,10-11,13H,1-2,4-5,8-9,12H2. The first-order valence-electron chi connectivity index (χ1n) is 8.84. The Kier molecular flexibility index (Phi) is 3.41. The summed E-state index contributed by atoms with van der Waals surface area (Å²) in [5, 5.41) is 4.27. The Labute approximate surface area is 145 Å². The van der Waals surface area contributed by atoms with Crippen molar-refractivity contribution < 1.29 is 4.52 Å². The van der Waals surface area contributed by atoms with E-state index in [2.05, 4.69) is 20.0 Å². The van der Waals surface area contributed by atoms with Crippen molar-refractivity contribution in [3.63, 3.8) is 0 Å². The molecule has 0 aromatic carbocycles. The number of nitrogens with zero attached hydrogens (tertiary/aromatic N) is 6. The summed E-state index contributed by atoms with van der Waals surface area (Å²) in [6.45, 7) is 3.44. The van der Waals surface area contributed by atoms with Gasteiger partial charge in [-0.3, -0.25) is 4.57 Å². The molecule has 0 saturated carbocycles. The van der Waals surface area contributed by atoms with E-state index in [-0.39, 0.29) is 5.41 Å². The van der Waals surface area contributed by atoms with E-state index in [1.165, 1.54) is 25.9 Å². The summed E-state index contributed by atoms with van der Waals surface area (Å²) in [7, 11) is 0. The number of fused-ring (bicyclic) bond motifs is 2. The number of hydrogen-bond donors (Lipinski definition) is 0. The summed E-state index contributed by atoms with van der Waals surface area (Å²) in [5.74, 6) is 2.23. The van der Waals surface area contributed by atoms with Crippen molar-refractivity contribution in [1.29, 1.82) is 0 Å². The predicted molar refractivity (Wildman–Crippen MR) is 91.2 cm³/mol. The zero-order chi connectivity index (χ0) is 16.7. The molecule has 2 bridgehead atoms. The van der Waals surface area contributed by atoms with Crippen LogP contribution in [0.4, 0.5) is 0 Å². The van der Waals surface area contributed by atoms with Crippen molar-refractivity contribution in [2.75, 3.05) is 19.6 Å². The molecule has 0 N–H and O–H groups in total. The molecule has 7 heteroatoms. The lowest BCUT2D eigenvalue weighted by atomic mass is 9.73. The topological polar surface area (TPSA) is 72.9 Å². The van der Waals surface area contributed by atoms with Crippen LogP contribution in [0.15, 0.2) is 41.6 Å². The summed E-state index contributed by atoms with van der Waals surface area (Å²) in [6, 6.07) is 3.88. The molecule has 0 atom stereocenters. The van der Waals surface area contributed by atoms with Gasteiger partial charge in [0.05, 0.1) is 5.41 Å². The van der Waals surface area contributed by atoms with Crippen molar-refractivity contribution >= 4 is 0 Å². The van der Waals surface area contributed by atoms with Gasteiger partial charge in [0.1, 0.15) is 12.1 Å². The van der Waals surface area contributed by atoms with E-state index in [0.29, 0.717) is 5.82 Å². The molecule has 2 saturated heterocycles.